The van der Waals surface area contributed by atoms with E-state index in [4.69, 9.17) is 8.85 Å². The fraction of sp³-hybridized carbons (Fsp3) is 0.417. The molecule has 4 heterocycles. The maximum atomic E-state index is 15.1. The monoisotopic (exact) mass is 471 g/mol. The molecule has 2 aliphatic rings. The molecule has 8 nitrogen and oxygen atoms in total. The van der Waals surface area contributed by atoms with Gasteiger partial charge in [0.25, 0.3) is 0 Å². The molecule has 0 amide bonds. The number of alkyl halides is 1. The molecule has 0 saturated carbocycles. The number of hydrogen-bond donors (Lipinski definition) is 2. The second-order valence-corrected chi connectivity index (χ2v) is 8.75. The Morgan fingerprint density at radius 3 is 2.85 bits per heavy atom. The number of piperidine rings is 2. The lowest BCUT2D eigenvalue weighted by Gasteiger charge is -2.45. The van der Waals surface area contributed by atoms with Crippen LogP contribution in [0.3, 0.4) is 0 Å². The molecule has 2 aromatic heterocycles. The zero-order valence-corrected chi connectivity index (χ0v) is 18.4. The van der Waals surface area contributed by atoms with Crippen LogP contribution in [0.25, 0.3) is 22.5 Å². The van der Waals surface area contributed by atoms with E-state index in [1.165, 1.54) is 18.3 Å². The van der Waals surface area contributed by atoms with Crippen molar-refractivity contribution in [1.29, 1.82) is 0 Å². The molecule has 0 spiro atoms. The average Bonchev–Trinajstić information content (AvgIpc) is 2.85. The zero-order chi connectivity index (χ0) is 26.3. The lowest BCUT2D eigenvalue weighted by atomic mass is 9.82. The van der Waals surface area contributed by atoms with Gasteiger partial charge in [0.1, 0.15) is 11.9 Å². The number of nitrogens with one attached hydrogen (secondary N) is 1. The zero-order valence-electron chi connectivity index (χ0n) is 21.4. The van der Waals surface area contributed by atoms with Crippen molar-refractivity contribution in [2.45, 2.75) is 50.0 Å². The summed E-state index contributed by atoms with van der Waals surface area (Å²) in [6, 6.07) is 6.67. The molecule has 10 heteroatoms. The summed E-state index contributed by atoms with van der Waals surface area (Å²) >= 11 is 0. The van der Waals surface area contributed by atoms with Crippen LogP contribution in [0.2, 0.25) is 0 Å². The molecular weight excluding hydrogens is 442 g/mol. The van der Waals surface area contributed by atoms with Crippen LogP contribution in [0.1, 0.15) is 29.8 Å². The SMILES string of the molecule is [2H]C([2H])([2H])Oc1cc(-c2ccc(-c3ncc(N(C)[C@H]4C[C@@H]5CCC[C@H](N5)[C@H]4F)nn3)c(O)c2)cc(F)n1. The number of nitrogens with zero attached hydrogens (tertiary/aromatic N) is 5. The van der Waals surface area contributed by atoms with Crippen LogP contribution in [-0.2, 0) is 0 Å². The van der Waals surface area contributed by atoms with Crippen molar-refractivity contribution in [3.63, 3.8) is 0 Å². The third-order valence-corrected chi connectivity index (χ3v) is 6.65. The van der Waals surface area contributed by atoms with Crippen LogP contribution in [0.4, 0.5) is 14.6 Å². The van der Waals surface area contributed by atoms with Crippen molar-refractivity contribution >= 4 is 5.82 Å². The van der Waals surface area contributed by atoms with E-state index in [2.05, 4.69) is 25.5 Å². The topological polar surface area (TPSA) is 96.3 Å². The number of hydrogen-bond acceptors (Lipinski definition) is 8. The van der Waals surface area contributed by atoms with E-state index in [-0.39, 0.29) is 29.2 Å². The Morgan fingerprint density at radius 2 is 2.09 bits per heavy atom. The van der Waals surface area contributed by atoms with E-state index >= 15 is 4.39 Å². The summed E-state index contributed by atoms with van der Waals surface area (Å²) in [7, 11) is -1.000. The molecule has 2 fully saturated rings. The fourth-order valence-electron chi connectivity index (χ4n) is 4.87. The summed E-state index contributed by atoms with van der Waals surface area (Å²) in [6.07, 6.45) is 4.03. The Kier molecular flexibility index (Phi) is 5.07. The number of pyridine rings is 1. The van der Waals surface area contributed by atoms with Gasteiger partial charge in [0.15, 0.2) is 11.6 Å². The molecular formula is C24H26F2N6O2. The summed E-state index contributed by atoms with van der Waals surface area (Å²) in [5.41, 5.74) is 0.948. The van der Waals surface area contributed by atoms with Gasteiger partial charge in [0, 0.05) is 31.3 Å². The lowest BCUT2D eigenvalue weighted by molar-refractivity contribution is 0.107. The second-order valence-electron chi connectivity index (χ2n) is 8.75. The molecule has 5 rings (SSSR count). The van der Waals surface area contributed by atoms with Gasteiger partial charge in [-0.25, -0.2) is 9.37 Å². The molecule has 2 aliphatic heterocycles. The predicted octanol–water partition coefficient (Wildman–Crippen LogP) is 3.51. The van der Waals surface area contributed by atoms with Crippen molar-refractivity contribution in [1.82, 2.24) is 25.5 Å². The van der Waals surface area contributed by atoms with Gasteiger partial charge in [0.2, 0.25) is 11.8 Å². The van der Waals surface area contributed by atoms with Gasteiger partial charge < -0.3 is 20.1 Å². The van der Waals surface area contributed by atoms with Gasteiger partial charge in [-0.1, -0.05) is 12.5 Å². The van der Waals surface area contributed by atoms with E-state index in [0.29, 0.717) is 29.4 Å². The first kappa shape index (κ1) is 19.0. The van der Waals surface area contributed by atoms with Gasteiger partial charge >= 0.3 is 0 Å². The van der Waals surface area contributed by atoms with Crippen molar-refractivity contribution in [3.8, 4) is 34.1 Å². The van der Waals surface area contributed by atoms with E-state index < -0.39 is 25.0 Å². The largest absolute Gasteiger partial charge is 0.507 e. The Labute approximate surface area is 200 Å². The minimum atomic E-state index is -2.79. The molecule has 1 aromatic carbocycles. The van der Waals surface area contributed by atoms with Crippen LogP contribution in [0.15, 0.2) is 36.5 Å². The van der Waals surface area contributed by atoms with Crippen molar-refractivity contribution < 1.29 is 22.7 Å². The normalized spacial score (nSPS) is 25.7. The smallest absolute Gasteiger partial charge is 0.216 e. The van der Waals surface area contributed by atoms with Crippen LogP contribution >= 0.6 is 0 Å². The maximum Gasteiger partial charge on any atom is 0.216 e. The Morgan fingerprint density at radius 1 is 1.21 bits per heavy atom. The average molecular weight is 472 g/mol. The molecule has 0 aliphatic carbocycles. The van der Waals surface area contributed by atoms with Gasteiger partial charge in [-0.2, -0.15) is 9.37 Å². The van der Waals surface area contributed by atoms with Crippen molar-refractivity contribution in [2.75, 3.05) is 19.0 Å². The summed E-state index contributed by atoms with van der Waals surface area (Å²) < 4.78 is 55.3. The number of phenolic OH excluding ortho intramolecular Hbond substituents is 1. The Balaban J connectivity index is 1.35. The Hall–Kier alpha value is -3.40. The quantitative estimate of drug-likeness (QED) is 0.546. The second kappa shape index (κ2) is 9.09. The minimum absolute atomic E-state index is 0.152. The molecule has 3 aromatic rings. The number of halogens is 2. The molecule has 0 unspecified atom stereocenters. The summed E-state index contributed by atoms with van der Waals surface area (Å²) in [4.78, 5) is 9.55. The number of rotatable bonds is 5. The summed E-state index contributed by atoms with van der Waals surface area (Å²) in [6.45, 7) is 0. The molecule has 4 atom stereocenters. The van der Waals surface area contributed by atoms with Crippen LogP contribution in [-0.4, -0.2) is 63.7 Å². The van der Waals surface area contributed by atoms with Gasteiger partial charge in [-0.3, -0.25) is 0 Å². The fourth-order valence-corrected chi connectivity index (χ4v) is 4.87. The van der Waals surface area contributed by atoms with Crippen molar-refractivity contribution in [3.05, 3.63) is 42.5 Å². The summed E-state index contributed by atoms with van der Waals surface area (Å²) in [5, 5.41) is 22.4. The van der Waals surface area contributed by atoms with Crippen LogP contribution < -0.4 is 15.0 Å². The van der Waals surface area contributed by atoms with Crippen LogP contribution in [0, 0.1) is 5.95 Å². The lowest BCUT2D eigenvalue weighted by Crippen LogP contribution is -2.61. The number of benzene rings is 1. The molecule has 34 heavy (non-hydrogen) atoms. The molecule has 2 N–H and O–H groups in total. The van der Waals surface area contributed by atoms with E-state index in [0.717, 1.165) is 25.3 Å². The molecule has 2 bridgehead atoms. The highest BCUT2D eigenvalue weighted by molar-refractivity contribution is 5.73. The number of anilines is 1. The van der Waals surface area contributed by atoms with E-state index in [1.807, 2.05) is 0 Å². The first-order valence-corrected chi connectivity index (χ1v) is 11.1. The number of phenols is 1. The molecule has 178 valence electrons. The molecule has 2 saturated heterocycles. The third kappa shape index (κ3) is 4.25. The Bertz CT molecular complexity index is 1280. The van der Waals surface area contributed by atoms with Gasteiger partial charge in [0.05, 0.1) is 29.0 Å². The van der Waals surface area contributed by atoms with E-state index in [9.17, 15) is 9.50 Å². The maximum absolute atomic E-state index is 15.1. The van der Waals surface area contributed by atoms with Crippen molar-refractivity contribution in [2.24, 2.45) is 0 Å². The summed E-state index contributed by atoms with van der Waals surface area (Å²) in [5.74, 6) is -0.931. The van der Waals surface area contributed by atoms with Crippen LogP contribution in [0.5, 0.6) is 11.6 Å². The predicted molar refractivity (Wildman–Crippen MR) is 123 cm³/mol. The number of aromatic nitrogens is 4. The number of aromatic hydroxyl groups is 1. The number of methoxy groups -OCH3 is 1. The highest BCUT2D eigenvalue weighted by Gasteiger charge is 2.42. The third-order valence-electron chi connectivity index (χ3n) is 6.65. The van der Waals surface area contributed by atoms with Gasteiger partial charge in [-0.15, -0.1) is 10.2 Å². The first-order valence-electron chi connectivity index (χ1n) is 12.6. The molecule has 0 radical (unpaired) electrons. The van der Waals surface area contributed by atoms with E-state index in [1.54, 1.807) is 24.1 Å². The first-order chi connectivity index (χ1) is 17.6. The number of ether oxygens (including phenoxy) is 1. The van der Waals surface area contributed by atoms with Gasteiger partial charge in [-0.05, 0) is 42.5 Å². The standard InChI is InChI=1S/C24H26F2N6O2/c1-32(18-11-15-4-3-5-17(28-15)23(18)26)21-12-27-24(31-30-21)16-7-6-13(8-19(16)33)14-9-20(25)29-22(10-14)34-2/h6-10,12,15,17-18,23,28,33H,3-5,11H2,1-2H3/t15-,17-,18-,23+/m0/s1/i2D3. The highest BCUT2D eigenvalue weighted by Crippen LogP contribution is 2.34. The number of fused-ring (bicyclic) bond motifs is 2. The highest BCUT2D eigenvalue weighted by atomic mass is 19.1. The minimum Gasteiger partial charge on any atom is -0.507 e.